The zero-order valence-corrected chi connectivity index (χ0v) is 11.1. The third-order valence-corrected chi connectivity index (χ3v) is 2.54. The number of benzene rings is 1. The molecule has 0 atom stereocenters. The van der Waals surface area contributed by atoms with Gasteiger partial charge in [0.05, 0.1) is 13.2 Å². The van der Waals surface area contributed by atoms with Crippen LogP contribution in [0.2, 0.25) is 0 Å². The smallest absolute Gasteiger partial charge is 0.371 e. The van der Waals surface area contributed by atoms with E-state index in [1.807, 2.05) is 6.07 Å². The molecule has 0 heterocycles. The summed E-state index contributed by atoms with van der Waals surface area (Å²) >= 11 is 0. The van der Waals surface area contributed by atoms with Crippen LogP contribution in [0.3, 0.4) is 0 Å². The zero-order chi connectivity index (χ0) is 14.8. The van der Waals surface area contributed by atoms with Crippen LogP contribution < -0.4 is 0 Å². The number of aliphatic carboxylic acids is 1. The molecule has 0 saturated heterocycles. The average molecular weight is 281 g/mol. The third kappa shape index (κ3) is 5.83. The first-order valence-electron chi connectivity index (χ1n) is 6.24. The van der Waals surface area contributed by atoms with Gasteiger partial charge in [-0.05, 0) is 11.6 Å². The fraction of sp³-hybridized carbons (Fsp3) is 0.357. The van der Waals surface area contributed by atoms with Crippen molar-refractivity contribution in [2.75, 3.05) is 33.0 Å². The number of carboxylic acid groups (broad SMARTS) is 1. The van der Waals surface area contributed by atoms with Gasteiger partial charge in [0, 0.05) is 13.1 Å². The summed E-state index contributed by atoms with van der Waals surface area (Å²) in [6.07, 6.45) is 1.43. The van der Waals surface area contributed by atoms with Gasteiger partial charge in [-0.3, -0.25) is 4.90 Å². The van der Waals surface area contributed by atoms with Crippen molar-refractivity contribution in [2.24, 2.45) is 0 Å². The molecule has 3 N–H and O–H groups in total. The van der Waals surface area contributed by atoms with Gasteiger partial charge in [0.2, 0.25) is 5.76 Å². The molecule has 0 aliphatic heterocycles. The molecule has 1 aromatic rings. The summed E-state index contributed by atoms with van der Waals surface area (Å²) < 4.78 is 5.24. The van der Waals surface area contributed by atoms with Gasteiger partial charge in [0.15, 0.2) is 0 Å². The second-order valence-corrected chi connectivity index (χ2v) is 4.06. The van der Waals surface area contributed by atoms with Gasteiger partial charge in [-0.15, -0.1) is 0 Å². The van der Waals surface area contributed by atoms with Gasteiger partial charge in [-0.2, -0.15) is 0 Å². The molecule has 0 aliphatic rings. The van der Waals surface area contributed by atoms with E-state index in [0.717, 1.165) is 5.56 Å². The average Bonchev–Trinajstić information content (AvgIpc) is 2.44. The first-order valence-corrected chi connectivity index (χ1v) is 6.24. The number of carboxylic acids is 1. The Labute approximate surface area is 117 Å². The van der Waals surface area contributed by atoms with Crippen molar-refractivity contribution in [1.29, 1.82) is 0 Å². The molecule has 0 fully saturated rings. The number of carbonyl (C=O) groups is 1. The van der Waals surface area contributed by atoms with Gasteiger partial charge in [0.1, 0.15) is 6.73 Å². The summed E-state index contributed by atoms with van der Waals surface area (Å²) in [5.41, 5.74) is 0.723. The molecule has 0 aliphatic carbocycles. The standard InChI is InChI=1S/C14H19NO5/c16-8-6-15(7-9-17)11-20-13(14(18)19)10-12-4-2-1-3-5-12/h1-5,10,16-17H,6-9,11H2,(H,18,19)/b13-10+. The summed E-state index contributed by atoms with van der Waals surface area (Å²) in [6.45, 7) is 0.423. The van der Waals surface area contributed by atoms with Crippen LogP contribution in [0, 0.1) is 0 Å². The second-order valence-electron chi connectivity index (χ2n) is 4.06. The van der Waals surface area contributed by atoms with Crippen LogP contribution in [-0.4, -0.2) is 59.2 Å². The fourth-order valence-corrected chi connectivity index (χ4v) is 1.55. The molecule has 20 heavy (non-hydrogen) atoms. The molecule has 110 valence electrons. The normalized spacial score (nSPS) is 11.7. The maximum Gasteiger partial charge on any atom is 0.371 e. The van der Waals surface area contributed by atoms with Crippen molar-refractivity contribution < 1.29 is 24.9 Å². The van der Waals surface area contributed by atoms with Crippen molar-refractivity contribution >= 4 is 12.0 Å². The molecule has 0 unspecified atom stereocenters. The molecule has 6 nitrogen and oxygen atoms in total. The second kappa shape index (κ2) is 9.08. The largest absolute Gasteiger partial charge is 0.475 e. The van der Waals surface area contributed by atoms with Crippen LogP contribution in [0.15, 0.2) is 36.1 Å². The minimum Gasteiger partial charge on any atom is -0.475 e. The minimum atomic E-state index is -1.16. The SMILES string of the molecule is O=C(O)/C(=C\c1ccccc1)OCN(CCO)CCO. The summed E-state index contributed by atoms with van der Waals surface area (Å²) in [5.74, 6) is -1.35. The molecular weight excluding hydrogens is 262 g/mol. The van der Waals surface area contributed by atoms with Crippen molar-refractivity contribution in [3.63, 3.8) is 0 Å². The van der Waals surface area contributed by atoms with Gasteiger partial charge in [-0.25, -0.2) is 4.79 Å². The van der Waals surface area contributed by atoms with Crippen LogP contribution in [0.5, 0.6) is 0 Å². The first-order chi connectivity index (χ1) is 9.67. The Morgan fingerprint density at radius 2 is 1.75 bits per heavy atom. The number of aliphatic hydroxyl groups excluding tert-OH is 2. The van der Waals surface area contributed by atoms with E-state index in [0.29, 0.717) is 13.1 Å². The number of nitrogens with zero attached hydrogens (tertiary/aromatic N) is 1. The summed E-state index contributed by atoms with van der Waals surface area (Å²) in [6, 6.07) is 8.98. The number of hydrogen-bond donors (Lipinski definition) is 3. The highest BCUT2D eigenvalue weighted by Crippen LogP contribution is 2.08. The molecule has 0 bridgehead atoms. The van der Waals surface area contributed by atoms with Gasteiger partial charge < -0.3 is 20.1 Å². The molecule has 1 rings (SSSR count). The van der Waals surface area contributed by atoms with Crippen LogP contribution in [0.25, 0.3) is 6.08 Å². The highest BCUT2D eigenvalue weighted by Gasteiger charge is 2.11. The van der Waals surface area contributed by atoms with Gasteiger partial charge in [-0.1, -0.05) is 30.3 Å². The van der Waals surface area contributed by atoms with Crippen molar-refractivity contribution in [2.45, 2.75) is 0 Å². The number of rotatable bonds is 9. The van der Waals surface area contributed by atoms with E-state index in [4.69, 9.17) is 20.1 Å². The number of hydrogen-bond acceptors (Lipinski definition) is 5. The molecule has 0 radical (unpaired) electrons. The van der Waals surface area contributed by atoms with E-state index in [-0.39, 0.29) is 25.7 Å². The Bertz CT molecular complexity index is 426. The van der Waals surface area contributed by atoms with E-state index in [9.17, 15) is 4.79 Å². The Kier molecular flexibility index (Phi) is 7.34. The Morgan fingerprint density at radius 1 is 1.15 bits per heavy atom. The Hall–Kier alpha value is -1.89. The quantitative estimate of drug-likeness (QED) is 0.344. The summed E-state index contributed by atoms with van der Waals surface area (Å²) in [7, 11) is 0. The van der Waals surface area contributed by atoms with E-state index in [1.54, 1.807) is 29.2 Å². The van der Waals surface area contributed by atoms with Crippen LogP contribution in [0.4, 0.5) is 0 Å². The monoisotopic (exact) mass is 281 g/mol. The molecular formula is C14H19NO5. The molecule has 0 amide bonds. The topological polar surface area (TPSA) is 90.2 Å². The van der Waals surface area contributed by atoms with Crippen LogP contribution in [-0.2, 0) is 9.53 Å². The number of ether oxygens (including phenoxy) is 1. The Balaban J connectivity index is 2.68. The van der Waals surface area contributed by atoms with Crippen molar-refractivity contribution in [1.82, 2.24) is 4.90 Å². The molecule has 0 saturated carbocycles. The van der Waals surface area contributed by atoms with E-state index >= 15 is 0 Å². The fourth-order valence-electron chi connectivity index (χ4n) is 1.55. The van der Waals surface area contributed by atoms with Crippen molar-refractivity contribution in [3.8, 4) is 0 Å². The lowest BCUT2D eigenvalue weighted by molar-refractivity contribution is -0.137. The first kappa shape index (κ1) is 16.2. The maximum absolute atomic E-state index is 11.1. The summed E-state index contributed by atoms with van der Waals surface area (Å²) in [4.78, 5) is 12.7. The lowest BCUT2D eigenvalue weighted by Gasteiger charge is -2.20. The highest BCUT2D eigenvalue weighted by molar-refractivity contribution is 5.89. The molecule has 0 spiro atoms. The van der Waals surface area contributed by atoms with E-state index < -0.39 is 5.97 Å². The van der Waals surface area contributed by atoms with Crippen LogP contribution >= 0.6 is 0 Å². The molecule has 1 aromatic carbocycles. The minimum absolute atomic E-state index is 0.00785. The maximum atomic E-state index is 11.1. The Morgan fingerprint density at radius 3 is 2.25 bits per heavy atom. The lowest BCUT2D eigenvalue weighted by atomic mass is 10.2. The van der Waals surface area contributed by atoms with E-state index in [1.165, 1.54) is 6.08 Å². The number of aliphatic hydroxyl groups is 2. The van der Waals surface area contributed by atoms with Crippen LogP contribution in [0.1, 0.15) is 5.56 Å². The van der Waals surface area contributed by atoms with E-state index in [2.05, 4.69) is 0 Å². The predicted molar refractivity (Wildman–Crippen MR) is 73.8 cm³/mol. The molecule has 0 aromatic heterocycles. The highest BCUT2D eigenvalue weighted by atomic mass is 16.5. The van der Waals surface area contributed by atoms with Gasteiger partial charge >= 0.3 is 5.97 Å². The molecule has 6 heteroatoms. The van der Waals surface area contributed by atoms with Crippen molar-refractivity contribution in [3.05, 3.63) is 41.7 Å². The predicted octanol–water partition coefficient (Wildman–Crippen LogP) is 0.373. The zero-order valence-electron chi connectivity index (χ0n) is 11.1. The lowest BCUT2D eigenvalue weighted by Crippen LogP contribution is -2.32. The summed E-state index contributed by atoms with van der Waals surface area (Å²) in [5, 5.41) is 26.8. The third-order valence-electron chi connectivity index (χ3n) is 2.54. The van der Waals surface area contributed by atoms with Gasteiger partial charge in [0.25, 0.3) is 0 Å².